The van der Waals surface area contributed by atoms with Crippen LogP contribution in [0.3, 0.4) is 0 Å². The van der Waals surface area contributed by atoms with Crippen molar-refractivity contribution in [3.63, 3.8) is 0 Å². The molecule has 21 heavy (non-hydrogen) atoms. The number of rotatable bonds is 3. The highest BCUT2D eigenvalue weighted by Gasteiger charge is 2.24. The first-order valence-electron chi connectivity index (χ1n) is 7.97. The van der Waals surface area contributed by atoms with E-state index in [1.165, 1.54) is 12.8 Å². The van der Waals surface area contributed by atoms with Crippen molar-refractivity contribution < 1.29 is 4.79 Å². The van der Waals surface area contributed by atoms with Crippen LogP contribution in [-0.2, 0) is 4.79 Å². The van der Waals surface area contributed by atoms with Crippen LogP contribution in [0, 0.1) is 5.92 Å². The lowest BCUT2D eigenvalue weighted by Gasteiger charge is -2.27. The lowest BCUT2D eigenvalue weighted by atomic mass is 9.92. The number of hydrogen-bond donors (Lipinski definition) is 2. The molecule has 0 unspecified atom stereocenters. The number of aromatic nitrogens is 1. The molecule has 2 atom stereocenters. The summed E-state index contributed by atoms with van der Waals surface area (Å²) in [6, 6.07) is 4.39. The van der Waals surface area contributed by atoms with Gasteiger partial charge in [0.15, 0.2) is 0 Å². The van der Waals surface area contributed by atoms with Gasteiger partial charge in [-0.15, -0.1) is 0 Å². The molecule has 2 aliphatic rings. The zero-order valence-corrected chi connectivity index (χ0v) is 12.6. The Kier molecular flexibility index (Phi) is 4.39. The summed E-state index contributed by atoms with van der Waals surface area (Å²) >= 11 is 0. The maximum atomic E-state index is 12.3. The third-order valence-corrected chi connectivity index (χ3v) is 4.44. The molecule has 0 aromatic carbocycles. The van der Waals surface area contributed by atoms with Crippen molar-refractivity contribution in [2.45, 2.75) is 38.6 Å². The molecule has 0 radical (unpaired) electrons. The molecule has 0 saturated carbocycles. The highest BCUT2D eigenvalue weighted by molar-refractivity contribution is 5.92. The molecule has 2 fully saturated rings. The largest absolute Gasteiger partial charge is 0.357 e. The van der Waals surface area contributed by atoms with Gasteiger partial charge in [-0.05, 0) is 51.3 Å². The number of pyridine rings is 1. The number of amides is 1. The van der Waals surface area contributed by atoms with Gasteiger partial charge in [-0.2, -0.15) is 0 Å². The molecule has 1 aromatic rings. The summed E-state index contributed by atoms with van der Waals surface area (Å²) in [5, 5.41) is 6.37. The van der Waals surface area contributed by atoms with Crippen molar-refractivity contribution in [2.24, 2.45) is 5.92 Å². The fourth-order valence-corrected chi connectivity index (χ4v) is 3.21. The summed E-state index contributed by atoms with van der Waals surface area (Å²) in [4.78, 5) is 19.0. The van der Waals surface area contributed by atoms with Gasteiger partial charge in [-0.1, -0.05) is 0 Å². The fraction of sp³-hybridized carbons (Fsp3) is 0.625. The Balaban J connectivity index is 1.58. The van der Waals surface area contributed by atoms with Crippen LogP contribution < -0.4 is 15.5 Å². The quantitative estimate of drug-likeness (QED) is 0.893. The Morgan fingerprint density at radius 3 is 2.86 bits per heavy atom. The molecule has 3 heterocycles. The van der Waals surface area contributed by atoms with Gasteiger partial charge >= 0.3 is 0 Å². The summed E-state index contributed by atoms with van der Waals surface area (Å²) in [5.74, 6) is 1.25. The minimum atomic E-state index is 0.111. The number of anilines is 2. The normalized spacial score (nSPS) is 25.9. The number of nitrogens with zero attached hydrogens (tertiary/aromatic N) is 2. The van der Waals surface area contributed by atoms with Crippen molar-refractivity contribution in [1.82, 2.24) is 10.3 Å². The molecule has 1 amide bonds. The lowest BCUT2D eigenvalue weighted by Crippen LogP contribution is -2.40. The number of nitrogens with one attached hydrogen (secondary N) is 2. The zero-order valence-electron chi connectivity index (χ0n) is 12.6. The second kappa shape index (κ2) is 6.43. The van der Waals surface area contributed by atoms with Gasteiger partial charge < -0.3 is 15.5 Å². The van der Waals surface area contributed by atoms with Crippen molar-refractivity contribution in [2.75, 3.05) is 29.9 Å². The van der Waals surface area contributed by atoms with E-state index >= 15 is 0 Å². The first-order chi connectivity index (χ1) is 10.2. The molecule has 1 aromatic heterocycles. The van der Waals surface area contributed by atoms with Crippen LogP contribution in [-0.4, -0.2) is 36.6 Å². The van der Waals surface area contributed by atoms with Gasteiger partial charge in [0, 0.05) is 25.0 Å². The molecule has 0 spiro atoms. The maximum Gasteiger partial charge on any atom is 0.227 e. The zero-order chi connectivity index (χ0) is 14.7. The molecule has 3 rings (SSSR count). The van der Waals surface area contributed by atoms with Gasteiger partial charge in [0.05, 0.1) is 11.9 Å². The molecule has 114 valence electrons. The molecule has 5 nitrogen and oxygen atoms in total. The fourth-order valence-electron chi connectivity index (χ4n) is 3.21. The standard InChI is InChI=1S/C16H24N4O/c1-12-10-13(6-7-17-12)16(21)19-14-4-5-15(18-11-14)20-8-2-3-9-20/h4-5,11-13,17H,2-3,6-10H2,1H3,(H,19,21)/t12-,13-/m0/s1. The van der Waals surface area contributed by atoms with E-state index in [4.69, 9.17) is 0 Å². The molecule has 2 aliphatic heterocycles. The topological polar surface area (TPSA) is 57.3 Å². The minimum Gasteiger partial charge on any atom is -0.357 e. The number of carbonyl (C=O) groups is 1. The SMILES string of the molecule is C[C@H]1C[C@@H](C(=O)Nc2ccc(N3CCCC3)nc2)CCN1. The monoisotopic (exact) mass is 288 g/mol. The highest BCUT2D eigenvalue weighted by atomic mass is 16.1. The van der Waals surface area contributed by atoms with Crippen LogP contribution in [0.1, 0.15) is 32.6 Å². The summed E-state index contributed by atoms with van der Waals surface area (Å²) in [5.41, 5.74) is 0.800. The summed E-state index contributed by atoms with van der Waals surface area (Å²) in [7, 11) is 0. The second-order valence-electron chi connectivity index (χ2n) is 6.16. The van der Waals surface area contributed by atoms with Gasteiger partial charge in [0.2, 0.25) is 5.91 Å². The highest BCUT2D eigenvalue weighted by Crippen LogP contribution is 2.21. The van der Waals surface area contributed by atoms with E-state index in [1.54, 1.807) is 6.20 Å². The number of hydrogen-bond acceptors (Lipinski definition) is 4. The Labute approximate surface area is 126 Å². The van der Waals surface area contributed by atoms with Crippen molar-refractivity contribution in [3.8, 4) is 0 Å². The molecular formula is C16H24N4O. The Morgan fingerprint density at radius 1 is 1.38 bits per heavy atom. The third kappa shape index (κ3) is 3.53. The van der Waals surface area contributed by atoms with Gasteiger partial charge in [-0.3, -0.25) is 4.79 Å². The maximum absolute atomic E-state index is 12.3. The van der Waals surface area contributed by atoms with Crippen LogP contribution in [0.2, 0.25) is 0 Å². The van der Waals surface area contributed by atoms with Crippen LogP contribution in [0.15, 0.2) is 18.3 Å². The first-order valence-corrected chi connectivity index (χ1v) is 7.97. The molecule has 0 aliphatic carbocycles. The van der Waals surface area contributed by atoms with Crippen molar-refractivity contribution >= 4 is 17.4 Å². The molecule has 2 N–H and O–H groups in total. The van der Waals surface area contributed by atoms with E-state index in [0.29, 0.717) is 6.04 Å². The lowest BCUT2D eigenvalue weighted by molar-refractivity contribution is -0.120. The Morgan fingerprint density at radius 2 is 2.19 bits per heavy atom. The average molecular weight is 288 g/mol. The van der Waals surface area contributed by atoms with Gasteiger partial charge in [0.25, 0.3) is 0 Å². The van der Waals surface area contributed by atoms with Crippen LogP contribution in [0.5, 0.6) is 0 Å². The first kappa shape index (κ1) is 14.3. The van der Waals surface area contributed by atoms with Crippen LogP contribution in [0.25, 0.3) is 0 Å². The van der Waals surface area contributed by atoms with E-state index in [0.717, 1.165) is 44.0 Å². The summed E-state index contributed by atoms with van der Waals surface area (Å²) in [6.45, 7) is 5.23. The second-order valence-corrected chi connectivity index (χ2v) is 6.16. The Hall–Kier alpha value is -1.62. The van der Waals surface area contributed by atoms with E-state index in [2.05, 4.69) is 27.4 Å². The van der Waals surface area contributed by atoms with Crippen LogP contribution >= 0.6 is 0 Å². The predicted octanol–water partition coefficient (Wildman–Crippen LogP) is 2.01. The minimum absolute atomic E-state index is 0.111. The molecule has 5 heteroatoms. The van der Waals surface area contributed by atoms with E-state index < -0.39 is 0 Å². The molecule has 2 saturated heterocycles. The number of piperidine rings is 1. The predicted molar refractivity (Wildman–Crippen MR) is 84.5 cm³/mol. The van der Waals surface area contributed by atoms with Gasteiger partial charge in [-0.25, -0.2) is 4.98 Å². The smallest absolute Gasteiger partial charge is 0.227 e. The third-order valence-electron chi connectivity index (χ3n) is 4.44. The molecule has 0 bridgehead atoms. The summed E-state index contributed by atoms with van der Waals surface area (Å²) in [6.07, 6.45) is 6.08. The average Bonchev–Trinajstić information content (AvgIpc) is 3.02. The number of carbonyl (C=O) groups excluding carboxylic acids is 1. The van der Waals surface area contributed by atoms with Crippen LogP contribution in [0.4, 0.5) is 11.5 Å². The molecular weight excluding hydrogens is 264 g/mol. The van der Waals surface area contributed by atoms with E-state index in [-0.39, 0.29) is 11.8 Å². The van der Waals surface area contributed by atoms with Crippen molar-refractivity contribution in [3.05, 3.63) is 18.3 Å². The summed E-state index contributed by atoms with van der Waals surface area (Å²) < 4.78 is 0. The van der Waals surface area contributed by atoms with Gasteiger partial charge in [0.1, 0.15) is 5.82 Å². The van der Waals surface area contributed by atoms with Crippen molar-refractivity contribution in [1.29, 1.82) is 0 Å². The van der Waals surface area contributed by atoms with E-state index in [1.807, 2.05) is 12.1 Å². The Bertz CT molecular complexity index is 482. The van der Waals surface area contributed by atoms with E-state index in [9.17, 15) is 4.79 Å².